The number of aromatic nitrogens is 1. The zero-order chi connectivity index (χ0) is 14.0. The van der Waals surface area contributed by atoms with Crippen LogP contribution in [-0.2, 0) is 13.0 Å². The molecule has 0 saturated carbocycles. The number of hydrogen-bond donors (Lipinski definition) is 0. The molecule has 0 aliphatic carbocycles. The van der Waals surface area contributed by atoms with Crippen LogP contribution in [0.4, 0.5) is 0 Å². The Morgan fingerprint density at radius 2 is 2.16 bits per heavy atom. The molecule has 0 fully saturated rings. The molecule has 1 aromatic carbocycles. The van der Waals surface area contributed by atoms with E-state index in [-0.39, 0.29) is 5.76 Å². The first-order valence-corrected chi connectivity index (χ1v) is 6.40. The summed E-state index contributed by atoms with van der Waals surface area (Å²) in [6.07, 6.45) is 2.92. The smallest absolute Gasteiger partial charge is 0.419 e. The van der Waals surface area contributed by atoms with Crippen molar-refractivity contribution in [1.82, 2.24) is 4.57 Å². The number of allylic oxidation sites excluding steroid dienone is 2. The zero-order valence-electron chi connectivity index (χ0n) is 11.8. The lowest BCUT2D eigenvalue weighted by molar-refractivity contribution is 0.410. The summed E-state index contributed by atoms with van der Waals surface area (Å²) in [6, 6.07) is 3.76. The molecule has 0 spiro atoms. The first-order valence-electron chi connectivity index (χ1n) is 6.40. The van der Waals surface area contributed by atoms with Crippen LogP contribution in [-0.4, -0.2) is 11.7 Å². The highest BCUT2D eigenvalue weighted by molar-refractivity contribution is 5.76. The number of fused-ring (bicyclic) bond motifs is 1. The first-order chi connectivity index (χ1) is 9.06. The van der Waals surface area contributed by atoms with Crippen LogP contribution < -0.4 is 10.5 Å². The van der Waals surface area contributed by atoms with Crippen molar-refractivity contribution in [3.05, 3.63) is 39.9 Å². The van der Waals surface area contributed by atoms with Crippen LogP contribution in [0.2, 0.25) is 0 Å². The largest absolute Gasteiger partial charge is 0.496 e. The van der Waals surface area contributed by atoms with E-state index in [1.54, 1.807) is 17.7 Å². The summed E-state index contributed by atoms with van der Waals surface area (Å²) in [5.41, 5.74) is 3.71. The Kier molecular flexibility index (Phi) is 3.79. The Hall–Kier alpha value is -1.97. The van der Waals surface area contributed by atoms with Gasteiger partial charge in [-0.15, -0.1) is 0 Å². The lowest BCUT2D eigenvalue weighted by Gasteiger charge is -2.07. The molecule has 0 saturated heterocycles. The van der Waals surface area contributed by atoms with Crippen molar-refractivity contribution in [1.29, 1.82) is 0 Å². The van der Waals surface area contributed by atoms with E-state index in [1.807, 2.05) is 13.0 Å². The van der Waals surface area contributed by atoms with E-state index in [0.29, 0.717) is 12.1 Å². The molecule has 4 heteroatoms. The van der Waals surface area contributed by atoms with Crippen LogP contribution >= 0.6 is 0 Å². The van der Waals surface area contributed by atoms with Gasteiger partial charge in [0, 0.05) is 18.2 Å². The monoisotopic (exact) mass is 261 g/mol. The summed E-state index contributed by atoms with van der Waals surface area (Å²) >= 11 is 0. The maximum absolute atomic E-state index is 11.7. The van der Waals surface area contributed by atoms with Crippen LogP contribution in [0.25, 0.3) is 11.1 Å². The second kappa shape index (κ2) is 5.34. The molecule has 2 aromatic rings. The SMILES string of the molecule is CCn1c(=O)oc2cc(OC)c(CC=C(C)C)cc21. The fraction of sp³-hybridized carbons (Fsp3) is 0.400. The predicted octanol–water partition coefficient (Wildman–Crippen LogP) is 3.13. The van der Waals surface area contributed by atoms with E-state index in [0.717, 1.165) is 23.3 Å². The third-order valence-electron chi connectivity index (χ3n) is 3.12. The summed E-state index contributed by atoms with van der Waals surface area (Å²) in [6.45, 7) is 6.65. The molecular formula is C15H19NO3. The highest BCUT2D eigenvalue weighted by atomic mass is 16.5. The fourth-order valence-corrected chi connectivity index (χ4v) is 2.10. The maximum Gasteiger partial charge on any atom is 0.419 e. The second-order valence-corrected chi connectivity index (χ2v) is 4.73. The van der Waals surface area contributed by atoms with Gasteiger partial charge in [-0.2, -0.15) is 0 Å². The van der Waals surface area contributed by atoms with Crippen molar-refractivity contribution in [2.45, 2.75) is 33.7 Å². The van der Waals surface area contributed by atoms with Crippen molar-refractivity contribution in [2.24, 2.45) is 0 Å². The molecule has 102 valence electrons. The lowest BCUT2D eigenvalue weighted by atomic mass is 10.1. The lowest BCUT2D eigenvalue weighted by Crippen LogP contribution is -2.12. The minimum absolute atomic E-state index is 0.320. The number of ether oxygens (including phenoxy) is 1. The molecule has 0 amide bonds. The van der Waals surface area contributed by atoms with Gasteiger partial charge < -0.3 is 9.15 Å². The van der Waals surface area contributed by atoms with E-state index in [4.69, 9.17) is 9.15 Å². The van der Waals surface area contributed by atoms with Crippen LogP contribution in [0.5, 0.6) is 5.75 Å². The third-order valence-corrected chi connectivity index (χ3v) is 3.12. The number of aryl methyl sites for hydroxylation is 1. The number of methoxy groups -OCH3 is 1. The van der Waals surface area contributed by atoms with Crippen molar-refractivity contribution in [3.8, 4) is 5.75 Å². The Morgan fingerprint density at radius 3 is 2.74 bits per heavy atom. The van der Waals surface area contributed by atoms with Gasteiger partial charge in [0.1, 0.15) is 5.75 Å². The van der Waals surface area contributed by atoms with E-state index < -0.39 is 0 Å². The maximum atomic E-state index is 11.7. The summed E-state index contributed by atoms with van der Waals surface area (Å²) in [5, 5.41) is 0. The third kappa shape index (κ3) is 2.57. The van der Waals surface area contributed by atoms with Crippen molar-refractivity contribution < 1.29 is 9.15 Å². The van der Waals surface area contributed by atoms with Crippen LogP contribution in [0.1, 0.15) is 26.3 Å². The van der Waals surface area contributed by atoms with Crippen molar-refractivity contribution >= 4 is 11.1 Å². The Balaban J connectivity index is 2.61. The molecular weight excluding hydrogens is 242 g/mol. The minimum atomic E-state index is -0.320. The summed E-state index contributed by atoms with van der Waals surface area (Å²) < 4.78 is 12.2. The molecule has 4 nitrogen and oxygen atoms in total. The molecule has 2 rings (SSSR count). The van der Waals surface area contributed by atoms with E-state index >= 15 is 0 Å². The summed E-state index contributed by atoms with van der Waals surface area (Å²) in [4.78, 5) is 11.7. The number of nitrogens with zero attached hydrogens (tertiary/aromatic N) is 1. The van der Waals surface area contributed by atoms with Crippen molar-refractivity contribution in [3.63, 3.8) is 0 Å². The second-order valence-electron chi connectivity index (χ2n) is 4.73. The van der Waals surface area contributed by atoms with E-state index in [9.17, 15) is 4.79 Å². The number of hydrogen-bond acceptors (Lipinski definition) is 3. The van der Waals surface area contributed by atoms with E-state index in [2.05, 4.69) is 19.9 Å². The van der Waals surface area contributed by atoms with Gasteiger partial charge in [-0.1, -0.05) is 11.6 Å². The van der Waals surface area contributed by atoms with Gasteiger partial charge >= 0.3 is 5.76 Å². The summed E-state index contributed by atoms with van der Waals surface area (Å²) in [5.74, 6) is 0.431. The van der Waals surface area contributed by atoms with Gasteiger partial charge in [0.25, 0.3) is 0 Å². The molecule has 0 radical (unpaired) electrons. The van der Waals surface area contributed by atoms with Crippen LogP contribution in [0, 0.1) is 0 Å². The highest BCUT2D eigenvalue weighted by Crippen LogP contribution is 2.26. The molecule has 1 aromatic heterocycles. The topological polar surface area (TPSA) is 44.4 Å². The molecule has 0 bridgehead atoms. The fourth-order valence-electron chi connectivity index (χ4n) is 2.10. The Labute approximate surface area is 112 Å². The Morgan fingerprint density at radius 1 is 1.42 bits per heavy atom. The Bertz CT molecular complexity index is 672. The van der Waals surface area contributed by atoms with Gasteiger partial charge in [-0.25, -0.2) is 4.79 Å². The molecule has 0 unspecified atom stereocenters. The number of oxazole rings is 1. The molecule has 0 N–H and O–H groups in total. The average molecular weight is 261 g/mol. The van der Waals surface area contributed by atoms with Gasteiger partial charge in [0.15, 0.2) is 5.58 Å². The molecule has 1 heterocycles. The van der Waals surface area contributed by atoms with Crippen LogP contribution in [0.15, 0.2) is 33.0 Å². The predicted molar refractivity (Wildman–Crippen MR) is 75.8 cm³/mol. The molecule has 19 heavy (non-hydrogen) atoms. The highest BCUT2D eigenvalue weighted by Gasteiger charge is 2.12. The standard InChI is InChI=1S/C15H19NO3/c1-5-16-12-8-11(7-6-10(2)3)13(18-4)9-14(12)19-15(16)17/h6,8-9H,5,7H2,1-4H3. The molecule has 0 aliphatic heterocycles. The first kappa shape index (κ1) is 13.5. The number of benzene rings is 1. The molecule has 0 aliphatic rings. The average Bonchev–Trinajstić information content (AvgIpc) is 2.69. The minimum Gasteiger partial charge on any atom is -0.496 e. The van der Waals surface area contributed by atoms with Crippen LogP contribution in [0.3, 0.4) is 0 Å². The normalized spacial score (nSPS) is 10.7. The van der Waals surface area contributed by atoms with E-state index in [1.165, 1.54) is 5.57 Å². The quantitative estimate of drug-likeness (QED) is 0.794. The summed E-state index contributed by atoms with van der Waals surface area (Å²) in [7, 11) is 1.63. The van der Waals surface area contributed by atoms with Gasteiger partial charge in [-0.05, 0) is 33.3 Å². The molecule has 0 atom stereocenters. The van der Waals surface area contributed by atoms with Gasteiger partial charge in [0.05, 0.1) is 12.6 Å². The number of rotatable bonds is 4. The van der Waals surface area contributed by atoms with Gasteiger partial charge in [0.2, 0.25) is 0 Å². The van der Waals surface area contributed by atoms with Gasteiger partial charge in [-0.3, -0.25) is 4.57 Å². The zero-order valence-corrected chi connectivity index (χ0v) is 11.8. The van der Waals surface area contributed by atoms with Crippen molar-refractivity contribution in [2.75, 3.05) is 7.11 Å².